The molecule has 10 heteroatoms. The molecule has 0 atom stereocenters. The summed E-state index contributed by atoms with van der Waals surface area (Å²) in [5.74, 6) is 0.284. The van der Waals surface area contributed by atoms with Gasteiger partial charge in [0.2, 0.25) is 10.0 Å². The van der Waals surface area contributed by atoms with Crippen molar-refractivity contribution in [3.8, 4) is 0 Å². The maximum Gasteiger partial charge on any atom is 0.280 e. The zero-order valence-electron chi connectivity index (χ0n) is 14.2. The molecule has 2 heterocycles. The summed E-state index contributed by atoms with van der Waals surface area (Å²) in [5, 5.41) is 6.35. The first kappa shape index (κ1) is 18.5. The first-order valence-corrected chi connectivity index (χ1v) is 9.61. The highest BCUT2D eigenvalue weighted by molar-refractivity contribution is 7.89. The number of quaternary nitrogens is 1. The summed E-state index contributed by atoms with van der Waals surface area (Å²) < 4.78 is 44.4. The molecule has 1 fully saturated rings. The number of piperazine rings is 1. The molecular weight excluding hydrogens is 363 g/mol. The maximum atomic E-state index is 13.0. The van der Waals surface area contributed by atoms with Crippen LogP contribution in [0, 0.1) is 12.7 Å². The van der Waals surface area contributed by atoms with Crippen molar-refractivity contribution < 1.29 is 27.0 Å². The first-order chi connectivity index (χ1) is 12.3. The van der Waals surface area contributed by atoms with E-state index in [9.17, 15) is 17.6 Å². The van der Waals surface area contributed by atoms with Gasteiger partial charge in [0, 0.05) is 6.07 Å². The Morgan fingerprint density at radius 1 is 1.31 bits per heavy atom. The second-order valence-electron chi connectivity index (χ2n) is 6.16. The van der Waals surface area contributed by atoms with Crippen LogP contribution in [0.15, 0.2) is 39.8 Å². The second kappa shape index (κ2) is 7.52. The molecule has 8 nitrogen and oxygen atoms in total. The van der Waals surface area contributed by atoms with Crippen molar-refractivity contribution in [2.45, 2.75) is 11.8 Å². The number of carbonyl (C=O) groups is 1. The molecular formula is C16H20FN4O4S+. The number of nitrogens with zero attached hydrogens (tertiary/aromatic N) is 2. The first-order valence-electron chi connectivity index (χ1n) is 8.17. The van der Waals surface area contributed by atoms with Crippen LogP contribution in [0.4, 0.5) is 10.2 Å². The largest absolute Gasteiger partial charge is 0.360 e. The van der Waals surface area contributed by atoms with Gasteiger partial charge in [0.1, 0.15) is 11.6 Å². The van der Waals surface area contributed by atoms with E-state index in [2.05, 4.69) is 10.5 Å². The average molecular weight is 383 g/mol. The van der Waals surface area contributed by atoms with E-state index >= 15 is 0 Å². The standard InChI is InChI=1S/C16H19FN4O4S/c1-12-10-15(19-25-12)18-16(22)11-20-6-8-21(9-7-20)26(23,24)14-4-2-13(17)3-5-14/h2-5,10H,6-9,11H2,1H3,(H,18,19,22)/p+1. The maximum absolute atomic E-state index is 13.0. The molecule has 2 N–H and O–H groups in total. The highest BCUT2D eigenvalue weighted by atomic mass is 32.2. The topological polar surface area (TPSA) is 97.0 Å². The van der Waals surface area contributed by atoms with E-state index in [-0.39, 0.29) is 17.3 Å². The molecule has 26 heavy (non-hydrogen) atoms. The summed E-state index contributed by atoms with van der Waals surface area (Å²) >= 11 is 0. The van der Waals surface area contributed by atoms with Crippen molar-refractivity contribution in [1.82, 2.24) is 9.46 Å². The fourth-order valence-electron chi connectivity index (χ4n) is 2.81. The molecule has 140 valence electrons. The molecule has 0 spiro atoms. The van der Waals surface area contributed by atoms with Crippen LogP contribution in [0.1, 0.15) is 5.76 Å². The minimum atomic E-state index is -3.65. The van der Waals surface area contributed by atoms with Crippen LogP contribution >= 0.6 is 0 Å². The van der Waals surface area contributed by atoms with Gasteiger partial charge in [-0.15, -0.1) is 0 Å². The summed E-state index contributed by atoms with van der Waals surface area (Å²) in [4.78, 5) is 13.1. The van der Waals surface area contributed by atoms with Crippen LogP contribution in [0.2, 0.25) is 0 Å². The van der Waals surface area contributed by atoms with E-state index in [1.54, 1.807) is 13.0 Å². The van der Waals surface area contributed by atoms with Gasteiger partial charge in [-0.2, -0.15) is 4.31 Å². The number of rotatable bonds is 5. The number of anilines is 1. The molecule has 1 aliphatic heterocycles. The van der Waals surface area contributed by atoms with Gasteiger partial charge < -0.3 is 14.7 Å². The highest BCUT2D eigenvalue weighted by Crippen LogP contribution is 2.16. The van der Waals surface area contributed by atoms with E-state index in [1.165, 1.54) is 16.4 Å². The SMILES string of the molecule is Cc1cc(NC(=O)C[NH+]2CCN(S(=O)(=O)c3ccc(F)cc3)CC2)no1. The molecule has 1 aromatic heterocycles. The summed E-state index contributed by atoms with van der Waals surface area (Å²) in [5.41, 5.74) is 0. The number of aryl methyl sites for hydroxylation is 1. The highest BCUT2D eigenvalue weighted by Gasteiger charge is 2.31. The summed E-state index contributed by atoms with van der Waals surface area (Å²) in [7, 11) is -3.65. The number of amides is 1. The molecule has 0 radical (unpaired) electrons. The normalized spacial score (nSPS) is 16.5. The lowest BCUT2D eigenvalue weighted by molar-refractivity contribution is -0.895. The lowest BCUT2D eigenvalue weighted by Gasteiger charge is -2.31. The van der Waals surface area contributed by atoms with Gasteiger partial charge in [-0.05, 0) is 31.2 Å². The number of benzene rings is 1. The molecule has 0 aliphatic carbocycles. The molecule has 1 aliphatic rings. The minimum Gasteiger partial charge on any atom is -0.360 e. The van der Waals surface area contributed by atoms with Gasteiger partial charge in [-0.3, -0.25) is 4.79 Å². The Morgan fingerprint density at radius 2 is 1.96 bits per heavy atom. The monoisotopic (exact) mass is 383 g/mol. The molecule has 1 amide bonds. The molecule has 0 unspecified atom stereocenters. The third-order valence-electron chi connectivity index (χ3n) is 4.19. The van der Waals surface area contributed by atoms with Crippen LogP contribution < -0.4 is 10.2 Å². The lowest BCUT2D eigenvalue weighted by Crippen LogP contribution is -3.15. The minimum absolute atomic E-state index is 0.0708. The number of nitrogens with one attached hydrogen (secondary N) is 2. The summed E-state index contributed by atoms with van der Waals surface area (Å²) in [6.45, 7) is 3.55. The van der Waals surface area contributed by atoms with E-state index in [0.717, 1.165) is 17.0 Å². The van der Waals surface area contributed by atoms with Crippen molar-refractivity contribution in [3.05, 3.63) is 41.9 Å². The van der Waals surface area contributed by atoms with Gasteiger partial charge >= 0.3 is 0 Å². The van der Waals surface area contributed by atoms with Gasteiger partial charge in [0.15, 0.2) is 12.4 Å². The number of halogens is 1. The quantitative estimate of drug-likeness (QED) is 0.736. The van der Waals surface area contributed by atoms with Crippen molar-refractivity contribution in [2.24, 2.45) is 0 Å². The third kappa shape index (κ3) is 4.26. The number of sulfonamides is 1. The third-order valence-corrected chi connectivity index (χ3v) is 6.10. The fraction of sp³-hybridized carbons (Fsp3) is 0.375. The molecule has 1 saturated heterocycles. The fourth-order valence-corrected chi connectivity index (χ4v) is 4.26. The Hall–Kier alpha value is -2.30. The smallest absolute Gasteiger partial charge is 0.280 e. The van der Waals surface area contributed by atoms with Crippen LogP contribution in [0.3, 0.4) is 0 Å². The zero-order chi connectivity index (χ0) is 18.7. The van der Waals surface area contributed by atoms with Crippen molar-refractivity contribution in [1.29, 1.82) is 0 Å². The van der Waals surface area contributed by atoms with Crippen molar-refractivity contribution >= 4 is 21.7 Å². The van der Waals surface area contributed by atoms with Gasteiger partial charge in [-0.1, -0.05) is 5.16 Å². The molecule has 0 saturated carbocycles. The van der Waals surface area contributed by atoms with E-state index in [4.69, 9.17) is 4.52 Å². The zero-order valence-corrected chi connectivity index (χ0v) is 15.1. The lowest BCUT2D eigenvalue weighted by atomic mass is 10.3. The number of hydrogen-bond acceptors (Lipinski definition) is 5. The van der Waals surface area contributed by atoms with Crippen molar-refractivity contribution in [2.75, 3.05) is 38.0 Å². The van der Waals surface area contributed by atoms with E-state index < -0.39 is 15.8 Å². The Morgan fingerprint density at radius 3 is 2.54 bits per heavy atom. The Labute approximate surface area is 150 Å². The van der Waals surface area contributed by atoms with Crippen LogP contribution in [0.5, 0.6) is 0 Å². The van der Waals surface area contributed by atoms with Crippen LogP contribution in [0.25, 0.3) is 0 Å². The van der Waals surface area contributed by atoms with Crippen LogP contribution in [-0.2, 0) is 14.8 Å². The van der Waals surface area contributed by atoms with Gasteiger partial charge in [0.25, 0.3) is 5.91 Å². The predicted molar refractivity (Wildman–Crippen MR) is 90.6 cm³/mol. The summed E-state index contributed by atoms with van der Waals surface area (Å²) in [6.07, 6.45) is 0. The summed E-state index contributed by atoms with van der Waals surface area (Å²) in [6, 6.07) is 6.41. The molecule has 1 aromatic carbocycles. The number of carbonyl (C=O) groups excluding carboxylic acids is 1. The molecule has 0 bridgehead atoms. The van der Waals surface area contributed by atoms with E-state index in [1.807, 2.05) is 0 Å². The number of aromatic nitrogens is 1. The molecule has 3 rings (SSSR count). The Balaban J connectivity index is 1.53. The molecule has 2 aromatic rings. The predicted octanol–water partition coefficient (Wildman–Crippen LogP) is -0.350. The second-order valence-corrected chi connectivity index (χ2v) is 8.09. The van der Waals surface area contributed by atoms with Gasteiger partial charge in [-0.25, -0.2) is 12.8 Å². The van der Waals surface area contributed by atoms with Gasteiger partial charge in [0.05, 0.1) is 31.1 Å². The number of hydrogen-bond donors (Lipinski definition) is 2. The van der Waals surface area contributed by atoms with Crippen molar-refractivity contribution in [3.63, 3.8) is 0 Å². The van der Waals surface area contributed by atoms with Crippen LogP contribution in [-0.4, -0.2) is 56.5 Å². The average Bonchev–Trinajstić information content (AvgIpc) is 3.00. The Kier molecular flexibility index (Phi) is 5.35. The Bertz CT molecular complexity index is 874. The van der Waals surface area contributed by atoms with E-state index in [0.29, 0.717) is 37.8 Å².